The van der Waals surface area contributed by atoms with Crippen molar-refractivity contribution in [2.75, 3.05) is 12.4 Å². The van der Waals surface area contributed by atoms with E-state index in [0.717, 1.165) is 11.3 Å². The van der Waals surface area contributed by atoms with Crippen LogP contribution in [0.1, 0.15) is 11.1 Å². The summed E-state index contributed by atoms with van der Waals surface area (Å²) in [7, 11) is 0. The molecule has 80 valence electrons. The van der Waals surface area contributed by atoms with Crippen LogP contribution in [0, 0.1) is 11.3 Å². The highest BCUT2D eigenvalue weighted by atomic mass is 32.2. The number of benzene rings is 1. The molecule has 0 fully saturated rings. The van der Waals surface area contributed by atoms with E-state index in [4.69, 9.17) is 15.5 Å². The van der Waals surface area contributed by atoms with Gasteiger partial charge < -0.3 is 10.2 Å². The van der Waals surface area contributed by atoms with Gasteiger partial charge >= 0.3 is 0 Å². The molecule has 3 nitrogen and oxygen atoms in total. The molecule has 0 spiro atoms. The van der Waals surface area contributed by atoms with Gasteiger partial charge in [-0.15, -0.1) is 0 Å². The summed E-state index contributed by atoms with van der Waals surface area (Å²) in [5.74, 6) is 1.25. The fraction of sp³-hybridized carbons (Fsp3) is 0.364. The Labute approximate surface area is 93.4 Å². The summed E-state index contributed by atoms with van der Waals surface area (Å²) in [5, 5.41) is 26.4. The van der Waals surface area contributed by atoms with Gasteiger partial charge in [-0.05, 0) is 17.7 Å². The topological polar surface area (TPSA) is 64.2 Å². The van der Waals surface area contributed by atoms with Crippen molar-refractivity contribution in [2.24, 2.45) is 0 Å². The Bertz CT molecular complexity index is 349. The van der Waals surface area contributed by atoms with Gasteiger partial charge in [-0.2, -0.15) is 17.0 Å². The normalized spacial score (nSPS) is 12.1. The van der Waals surface area contributed by atoms with Crippen LogP contribution in [-0.4, -0.2) is 28.7 Å². The van der Waals surface area contributed by atoms with Gasteiger partial charge in [0, 0.05) is 11.5 Å². The molecule has 0 radical (unpaired) electrons. The minimum absolute atomic E-state index is 0.203. The highest BCUT2D eigenvalue weighted by molar-refractivity contribution is 7.98. The van der Waals surface area contributed by atoms with Crippen LogP contribution in [0.4, 0.5) is 0 Å². The second-order valence-electron chi connectivity index (χ2n) is 3.16. The van der Waals surface area contributed by atoms with E-state index in [1.807, 2.05) is 18.2 Å². The molecule has 4 heteroatoms. The summed E-state index contributed by atoms with van der Waals surface area (Å²) in [6.45, 7) is -0.203. The lowest BCUT2D eigenvalue weighted by molar-refractivity contribution is 0.113. The summed E-state index contributed by atoms with van der Waals surface area (Å²) >= 11 is 1.54. The summed E-state index contributed by atoms with van der Waals surface area (Å²) in [6.07, 6.45) is -0.658. The van der Waals surface area contributed by atoms with Gasteiger partial charge in [-0.25, -0.2) is 0 Å². The van der Waals surface area contributed by atoms with Crippen LogP contribution in [0.3, 0.4) is 0 Å². The Morgan fingerprint density at radius 3 is 2.93 bits per heavy atom. The van der Waals surface area contributed by atoms with E-state index in [9.17, 15) is 0 Å². The maximum absolute atomic E-state index is 9.11. The van der Waals surface area contributed by atoms with E-state index in [1.165, 1.54) is 11.8 Å². The summed E-state index contributed by atoms with van der Waals surface area (Å²) in [5.41, 5.74) is 1.71. The molecule has 0 aliphatic carbocycles. The molecule has 1 aromatic rings. The number of thioether (sulfide) groups is 1. The third-order valence-electron chi connectivity index (χ3n) is 1.85. The van der Waals surface area contributed by atoms with E-state index in [1.54, 1.807) is 6.07 Å². The summed E-state index contributed by atoms with van der Waals surface area (Å²) in [4.78, 5) is 0. The number of nitriles is 1. The van der Waals surface area contributed by atoms with Gasteiger partial charge in [0.1, 0.15) is 0 Å². The number of hydrogen-bond donors (Lipinski definition) is 2. The van der Waals surface area contributed by atoms with Gasteiger partial charge in [0.25, 0.3) is 0 Å². The number of aliphatic hydroxyl groups excluding tert-OH is 2. The van der Waals surface area contributed by atoms with Crippen LogP contribution in [0.5, 0.6) is 0 Å². The fourth-order valence-electron chi connectivity index (χ4n) is 1.10. The minimum Gasteiger partial charge on any atom is -0.394 e. The third kappa shape index (κ3) is 4.34. The van der Waals surface area contributed by atoms with Crippen LogP contribution < -0.4 is 0 Å². The van der Waals surface area contributed by atoms with E-state index in [-0.39, 0.29) is 6.61 Å². The van der Waals surface area contributed by atoms with Crippen molar-refractivity contribution in [3.05, 3.63) is 35.4 Å². The minimum atomic E-state index is -0.658. The number of aliphatic hydroxyl groups is 2. The number of hydrogen-bond acceptors (Lipinski definition) is 4. The van der Waals surface area contributed by atoms with Crippen LogP contribution >= 0.6 is 11.8 Å². The van der Waals surface area contributed by atoms with Crippen molar-refractivity contribution in [3.63, 3.8) is 0 Å². The van der Waals surface area contributed by atoms with E-state index in [0.29, 0.717) is 11.3 Å². The van der Waals surface area contributed by atoms with Crippen molar-refractivity contribution in [2.45, 2.75) is 11.9 Å². The molecule has 0 saturated carbocycles. The first kappa shape index (κ1) is 12.1. The average Bonchev–Trinajstić information content (AvgIpc) is 2.29. The molecule has 15 heavy (non-hydrogen) atoms. The fourth-order valence-corrected chi connectivity index (χ4v) is 2.01. The summed E-state index contributed by atoms with van der Waals surface area (Å²) < 4.78 is 0. The Kier molecular flexibility index (Phi) is 5.19. The largest absolute Gasteiger partial charge is 0.394 e. The zero-order chi connectivity index (χ0) is 11.1. The Morgan fingerprint density at radius 1 is 1.47 bits per heavy atom. The molecule has 0 heterocycles. The van der Waals surface area contributed by atoms with Crippen LogP contribution in [0.25, 0.3) is 0 Å². The Morgan fingerprint density at radius 2 is 2.27 bits per heavy atom. The molecule has 1 rings (SSSR count). The SMILES string of the molecule is N#Cc1cccc(CSCC(O)CO)c1. The lowest BCUT2D eigenvalue weighted by Gasteiger charge is -2.06. The predicted octanol–water partition coefficient (Wildman–Crippen LogP) is 1.14. The number of rotatable bonds is 5. The molecule has 0 aliphatic rings. The van der Waals surface area contributed by atoms with Crippen LogP contribution in [0.15, 0.2) is 24.3 Å². The van der Waals surface area contributed by atoms with Gasteiger partial charge in [0.05, 0.1) is 24.3 Å². The van der Waals surface area contributed by atoms with E-state index >= 15 is 0 Å². The zero-order valence-corrected chi connectivity index (χ0v) is 9.07. The molecule has 0 aliphatic heterocycles. The second-order valence-corrected chi connectivity index (χ2v) is 4.19. The lowest BCUT2D eigenvalue weighted by atomic mass is 10.2. The monoisotopic (exact) mass is 223 g/mol. The lowest BCUT2D eigenvalue weighted by Crippen LogP contribution is -2.14. The van der Waals surface area contributed by atoms with E-state index < -0.39 is 6.10 Å². The number of nitrogens with zero attached hydrogens (tertiary/aromatic N) is 1. The van der Waals surface area contributed by atoms with Crippen LogP contribution in [-0.2, 0) is 5.75 Å². The van der Waals surface area contributed by atoms with Crippen LogP contribution in [0.2, 0.25) is 0 Å². The molecule has 2 N–H and O–H groups in total. The van der Waals surface area contributed by atoms with Crippen molar-refractivity contribution >= 4 is 11.8 Å². The molecular formula is C11H13NO2S. The first-order valence-electron chi connectivity index (χ1n) is 4.62. The van der Waals surface area contributed by atoms with Crippen molar-refractivity contribution < 1.29 is 10.2 Å². The second kappa shape index (κ2) is 6.46. The Hall–Kier alpha value is -1.02. The zero-order valence-electron chi connectivity index (χ0n) is 8.26. The predicted molar refractivity (Wildman–Crippen MR) is 60.4 cm³/mol. The highest BCUT2D eigenvalue weighted by Crippen LogP contribution is 2.14. The molecule has 1 atom stereocenters. The maximum Gasteiger partial charge on any atom is 0.0991 e. The highest BCUT2D eigenvalue weighted by Gasteiger charge is 2.02. The molecular weight excluding hydrogens is 210 g/mol. The van der Waals surface area contributed by atoms with Gasteiger partial charge in [-0.1, -0.05) is 12.1 Å². The third-order valence-corrected chi connectivity index (χ3v) is 3.00. The first-order valence-corrected chi connectivity index (χ1v) is 5.77. The molecule has 0 aromatic heterocycles. The van der Waals surface area contributed by atoms with Gasteiger partial charge in [0.15, 0.2) is 0 Å². The first-order chi connectivity index (χ1) is 7.26. The van der Waals surface area contributed by atoms with E-state index in [2.05, 4.69) is 6.07 Å². The average molecular weight is 223 g/mol. The standard InChI is InChI=1S/C11H13NO2S/c12-5-9-2-1-3-10(4-9)7-15-8-11(14)6-13/h1-4,11,13-14H,6-8H2. The maximum atomic E-state index is 9.11. The van der Waals surface area contributed by atoms with Crippen molar-refractivity contribution in [1.29, 1.82) is 5.26 Å². The Balaban J connectivity index is 2.41. The summed E-state index contributed by atoms with van der Waals surface area (Å²) in [6, 6.07) is 9.46. The molecule has 1 unspecified atom stereocenters. The molecule has 1 aromatic carbocycles. The quantitative estimate of drug-likeness (QED) is 0.785. The van der Waals surface area contributed by atoms with Crippen molar-refractivity contribution in [3.8, 4) is 6.07 Å². The van der Waals surface area contributed by atoms with Gasteiger partial charge in [0.2, 0.25) is 0 Å². The van der Waals surface area contributed by atoms with Crippen molar-refractivity contribution in [1.82, 2.24) is 0 Å². The molecule has 0 amide bonds. The molecule has 0 bridgehead atoms. The smallest absolute Gasteiger partial charge is 0.0991 e. The van der Waals surface area contributed by atoms with Gasteiger partial charge in [-0.3, -0.25) is 0 Å². The molecule has 0 saturated heterocycles.